The highest BCUT2D eigenvalue weighted by Gasteiger charge is 2.29. The molecule has 0 spiro atoms. The van der Waals surface area contributed by atoms with Gasteiger partial charge in [-0.2, -0.15) is 0 Å². The molecule has 1 N–H and O–H groups in total. The average molecular weight is 358 g/mol. The Balaban J connectivity index is 1.98. The molecule has 1 heterocycles. The van der Waals surface area contributed by atoms with Crippen LogP contribution in [0.4, 0.5) is 4.39 Å². The molecule has 20 heavy (non-hydrogen) atoms. The van der Waals surface area contributed by atoms with Crippen LogP contribution in [0.1, 0.15) is 29.8 Å². The molecule has 2 atom stereocenters. The van der Waals surface area contributed by atoms with Crippen molar-refractivity contribution in [2.75, 3.05) is 0 Å². The topological polar surface area (TPSA) is 29.5 Å². The lowest BCUT2D eigenvalue weighted by atomic mass is 9.95. The summed E-state index contributed by atoms with van der Waals surface area (Å²) < 4.78 is 19.9. The van der Waals surface area contributed by atoms with Gasteiger partial charge in [-0.15, -0.1) is 0 Å². The predicted octanol–water partition coefficient (Wildman–Crippen LogP) is 4.80. The molecule has 0 amide bonds. The van der Waals surface area contributed by atoms with E-state index in [1.54, 1.807) is 6.07 Å². The van der Waals surface area contributed by atoms with Gasteiger partial charge in [-0.3, -0.25) is 0 Å². The van der Waals surface area contributed by atoms with Crippen LogP contribution in [0.25, 0.3) is 0 Å². The Morgan fingerprint density at radius 2 is 1.95 bits per heavy atom. The zero-order valence-electron chi connectivity index (χ0n) is 10.3. The first kappa shape index (κ1) is 13.9. The predicted molar refractivity (Wildman–Crippen MR) is 78.5 cm³/mol. The number of rotatable bonds is 1. The largest absolute Gasteiger partial charge is 0.485 e. The van der Waals surface area contributed by atoms with Crippen molar-refractivity contribution in [1.82, 2.24) is 0 Å². The zero-order valence-corrected chi connectivity index (χ0v) is 12.7. The fourth-order valence-corrected chi connectivity index (χ4v) is 3.00. The number of ether oxygens (including phenoxy) is 1. The van der Waals surface area contributed by atoms with Crippen LogP contribution in [0.15, 0.2) is 40.9 Å². The molecule has 0 bridgehead atoms. The Labute approximate surface area is 129 Å². The molecule has 0 saturated heterocycles. The van der Waals surface area contributed by atoms with Gasteiger partial charge in [0.05, 0.1) is 11.1 Å². The molecule has 1 unspecified atom stereocenters. The minimum Gasteiger partial charge on any atom is -0.485 e. The molecule has 2 aromatic rings. The number of aliphatic hydroxyl groups is 1. The molecular weight excluding hydrogens is 347 g/mol. The van der Waals surface area contributed by atoms with Crippen molar-refractivity contribution in [1.29, 1.82) is 0 Å². The second-order valence-electron chi connectivity index (χ2n) is 4.71. The van der Waals surface area contributed by atoms with E-state index in [4.69, 9.17) is 16.3 Å². The van der Waals surface area contributed by atoms with Crippen molar-refractivity contribution in [3.8, 4) is 5.75 Å². The highest BCUT2D eigenvalue weighted by Crippen LogP contribution is 2.43. The Bertz CT molecular complexity index is 662. The summed E-state index contributed by atoms with van der Waals surface area (Å²) in [6.07, 6.45) is -0.627. The second kappa shape index (κ2) is 5.35. The molecule has 0 aliphatic carbocycles. The van der Waals surface area contributed by atoms with Gasteiger partial charge < -0.3 is 9.84 Å². The Morgan fingerprint density at radius 1 is 1.20 bits per heavy atom. The molecule has 2 aromatic carbocycles. The lowest BCUT2D eigenvalue weighted by Gasteiger charge is -2.30. The van der Waals surface area contributed by atoms with E-state index < -0.39 is 11.9 Å². The smallest absolute Gasteiger partial charge is 0.128 e. The van der Waals surface area contributed by atoms with Crippen LogP contribution in [-0.4, -0.2) is 5.11 Å². The first-order valence-corrected chi connectivity index (χ1v) is 7.31. The van der Waals surface area contributed by atoms with Crippen molar-refractivity contribution < 1.29 is 14.2 Å². The van der Waals surface area contributed by atoms with Crippen LogP contribution < -0.4 is 4.74 Å². The van der Waals surface area contributed by atoms with Crippen molar-refractivity contribution in [3.63, 3.8) is 0 Å². The molecule has 0 fully saturated rings. The lowest BCUT2D eigenvalue weighted by molar-refractivity contribution is 0.0657. The van der Waals surface area contributed by atoms with Crippen molar-refractivity contribution >= 4 is 27.5 Å². The second-order valence-corrected chi connectivity index (χ2v) is 6.03. The van der Waals surface area contributed by atoms with Crippen LogP contribution in [0.5, 0.6) is 5.75 Å². The maximum absolute atomic E-state index is 13.1. The van der Waals surface area contributed by atoms with E-state index in [0.717, 1.165) is 10.0 Å². The molecule has 104 valence electrons. The van der Waals surface area contributed by atoms with Gasteiger partial charge in [-0.05, 0) is 24.3 Å². The quantitative estimate of drug-likeness (QED) is 0.794. The maximum atomic E-state index is 13.1. The fraction of sp³-hybridized carbons (Fsp3) is 0.200. The van der Waals surface area contributed by atoms with E-state index in [0.29, 0.717) is 22.8 Å². The highest BCUT2D eigenvalue weighted by atomic mass is 79.9. The number of fused-ring (bicyclic) bond motifs is 1. The maximum Gasteiger partial charge on any atom is 0.128 e. The Morgan fingerprint density at radius 3 is 2.70 bits per heavy atom. The minimum absolute atomic E-state index is 0.306. The van der Waals surface area contributed by atoms with Crippen LogP contribution in [0.3, 0.4) is 0 Å². The normalized spacial score (nSPS) is 21.2. The fourth-order valence-electron chi connectivity index (χ4n) is 2.37. The van der Waals surface area contributed by atoms with Crippen molar-refractivity contribution in [2.24, 2.45) is 0 Å². The van der Waals surface area contributed by atoms with Gasteiger partial charge >= 0.3 is 0 Å². The molecule has 0 radical (unpaired) electrons. The summed E-state index contributed by atoms with van der Waals surface area (Å²) in [4.78, 5) is 0. The third-order valence-electron chi connectivity index (χ3n) is 3.35. The molecule has 5 heteroatoms. The van der Waals surface area contributed by atoms with E-state index in [9.17, 15) is 9.50 Å². The Hall–Kier alpha value is -1.10. The summed E-state index contributed by atoms with van der Waals surface area (Å²) in [6, 6.07) is 9.68. The van der Waals surface area contributed by atoms with Crippen LogP contribution >= 0.6 is 27.5 Å². The molecular formula is C15H11BrClFO2. The molecule has 2 nitrogen and oxygen atoms in total. The average Bonchev–Trinajstić information content (AvgIpc) is 2.37. The van der Waals surface area contributed by atoms with Gasteiger partial charge in [-0.1, -0.05) is 39.7 Å². The van der Waals surface area contributed by atoms with Crippen LogP contribution in [-0.2, 0) is 0 Å². The summed E-state index contributed by atoms with van der Waals surface area (Å²) in [7, 11) is 0. The molecule has 3 rings (SSSR count). The van der Waals surface area contributed by atoms with Gasteiger partial charge in [0.25, 0.3) is 0 Å². The van der Waals surface area contributed by atoms with Gasteiger partial charge in [0.2, 0.25) is 0 Å². The van der Waals surface area contributed by atoms with Crippen LogP contribution in [0, 0.1) is 5.82 Å². The summed E-state index contributed by atoms with van der Waals surface area (Å²) in [5, 5.41) is 10.5. The lowest BCUT2D eigenvalue weighted by Crippen LogP contribution is -2.19. The standard InChI is InChI=1S/C15H11BrClFO2/c16-8-1-3-11-13(19)7-15(20-14(11)5-8)10-4-2-9(18)6-12(10)17/h1-6,13,15,19H,7H2/t13-,15?/m0/s1. The summed E-state index contributed by atoms with van der Waals surface area (Å²) in [5.74, 6) is 0.224. The van der Waals surface area contributed by atoms with E-state index in [2.05, 4.69) is 15.9 Å². The third kappa shape index (κ3) is 2.55. The van der Waals surface area contributed by atoms with Gasteiger partial charge in [0.15, 0.2) is 0 Å². The van der Waals surface area contributed by atoms with E-state index in [1.807, 2.05) is 18.2 Å². The monoisotopic (exact) mass is 356 g/mol. The van der Waals surface area contributed by atoms with Crippen molar-refractivity contribution in [3.05, 3.63) is 62.8 Å². The highest BCUT2D eigenvalue weighted by molar-refractivity contribution is 9.10. The summed E-state index contributed by atoms with van der Waals surface area (Å²) >= 11 is 9.43. The first-order valence-electron chi connectivity index (χ1n) is 6.13. The van der Waals surface area contributed by atoms with Gasteiger partial charge in [0, 0.05) is 22.0 Å². The van der Waals surface area contributed by atoms with Gasteiger partial charge in [-0.25, -0.2) is 4.39 Å². The van der Waals surface area contributed by atoms with Crippen LogP contribution in [0.2, 0.25) is 5.02 Å². The summed E-state index contributed by atoms with van der Waals surface area (Å²) in [5.41, 5.74) is 1.43. The first-order chi connectivity index (χ1) is 9.54. The molecule has 0 saturated carbocycles. The SMILES string of the molecule is O[C@H]1CC(c2ccc(F)cc2Cl)Oc2cc(Br)ccc21. The zero-order chi connectivity index (χ0) is 14.3. The number of aliphatic hydroxyl groups excluding tert-OH is 1. The molecule has 1 aliphatic rings. The van der Waals surface area contributed by atoms with E-state index in [1.165, 1.54) is 12.1 Å². The number of hydrogen-bond donors (Lipinski definition) is 1. The number of halogens is 3. The van der Waals surface area contributed by atoms with Crippen molar-refractivity contribution in [2.45, 2.75) is 18.6 Å². The third-order valence-corrected chi connectivity index (χ3v) is 4.17. The molecule has 1 aliphatic heterocycles. The number of hydrogen-bond acceptors (Lipinski definition) is 2. The van der Waals surface area contributed by atoms with E-state index in [-0.39, 0.29) is 6.10 Å². The van der Waals surface area contributed by atoms with E-state index >= 15 is 0 Å². The Kier molecular flexibility index (Phi) is 3.71. The van der Waals surface area contributed by atoms with Gasteiger partial charge in [0.1, 0.15) is 17.7 Å². The minimum atomic E-state index is -0.627. The molecule has 0 aromatic heterocycles. The number of benzene rings is 2. The summed E-state index contributed by atoms with van der Waals surface area (Å²) in [6.45, 7) is 0.